The lowest BCUT2D eigenvalue weighted by Crippen LogP contribution is -2.42. The van der Waals surface area contributed by atoms with Gasteiger partial charge in [-0.2, -0.15) is 0 Å². The third-order valence-electron chi connectivity index (χ3n) is 2.67. The van der Waals surface area contributed by atoms with Crippen LogP contribution in [-0.4, -0.2) is 38.8 Å². The first-order valence-electron chi connectivity index (χ1n) is 5.26. The molecule has 0 saturated carbocycles. The van der Waals surface area contributed by atoms with Gasteiger partial charge in [0, 0.05) is 0 Å². The van der Waals surface area contributed by atoms with E-state index in [0.29, 0.717) is 5.92 Å². The number of carbonyl (C=O) groups excluding carboxylic acids is 1. The fourth-order valence-electron chi connectivity index (χ4n) is 1.70. The van der Waals surface area contributed by atoms with Crippen molar-refractivity contribution in [3.63, 3.8) is 0 Å². The zero-order chi connectivity index (χ0) is 10.4. The lowest BCUT2D eigenvalue weighted by Gasteiger charge is -2.24. The van der Waals surface area contributed by atoms with Crippen LogP contribution in [0.15, 0.2) is 0 Å². The Kier molecular flexibility index (Phi) is 4.90. The van der Waals surface area contributed by atoms with E-state index in [0.717, 1.165) is 19.6 Å². The Balaban J connectivity index is 2.15. The quantitative estimate of drug-likeness (QED) is 0.634. The maximum Gasteiger partial charge on any atom is 0.322 e. The third kappa shape index (κ3) is 3.64. The fourth-order valence-corrected chi connectivity index (χ4v) is 1.70. The molecule has 1 aliphatic rings. The van der Waals surface area contributed by atoms with Crippen molar-refractivity contribution in [1.82, 2.24) is 10.6 Å². The highest BCUT2D eigenvalue weighted by atomic mass is 16.5. The summed E-state index contributed by atoms with van der Waals surface area (Å²) in [5.74, 6) is 0.463. The van der Waals surface area contributed by atoms with Crippen LogP contribution in [0, 0.1) is 5.92 Å². The second kappa shape index (κ2) is 5.98. The van der Waals surface area contributed by atoms with E-state index in [1.807, 2.05) is 6.92 Å². The Hall–Kier alpha value is -0.610. The summed E-state index contributed by atoms with van der Waals surface area (Å²) >= 11 is 0. The molecule has 1 heterocycles. The lowest BCUT2D eigenvalue weighted by molar-refractivity contribution is -0.142. The summed E-state index contributed by atoms with van der Waals surface area (Å²) in [6, 6.07) is -0.193. The Bertz CT molecular complexity index is 179. The molecule has 1 unspecified atom stereocenters. The minimum Gasteiger partial charge on any atom is -0.468 e. The molecule has 0 aromatic carbocycles. The van der Waals surface area contributed by atoms with Crippen LogP contribution in [0.25, 0.3) is 0 Å². The standard InChI is InChI=1S/C10H20N2O2/c1-8(10(13)14-2)12-7-9-4-3-5-11-6-9/h8-9,11-12H,3-7H2,1-2H3/t8-,9?/m0/s1. The van der Waals surface area contributed by atoms with Gasteiger partial charge in [-0.1, -0.05) is 0 Å². The maximum atomic E-state index is 11.1. The summed E-state index contributed by atoms with van der Waals surface area (Å²) in [5, 5.41) is 6.53. The van der Waals surface area contributed by atoms with Crippen LogP contribution in [-0.2, 0) is 9.53 Å². The van der Waals surface area contributed by atoms with Gasteiger partial charge < -0.3 is 15.4 Å². The normalized spacial score (nSPS) is 24.3. The Morgan fingerprint density at radius 3 is 3.07 bits per heavy atom. The fraction of sp³-hybridized carbons (Fsp3) is 0.900. The van der Waals surface area contributed by atoms with Crippen LogP contribution in [0.1, 0.15) is 19.8 Å². The molecule has 0 amide bonds. The van der Waals surface area contributed by atoms with Crippen molar-refractivity contribution < 1.29 is 9.53 Å². The van der Waals surface area contributed by atoms with E-state index in [4.69, 9.17) is 0 Å². The Morgan fingerprint density at radius 1 is 1.71 bits per heavy atom. The molecule has 4 nitrogen and oxygen atoms in total. The van der Waals surface area contributed by atoms with Gasteiger partial charge in [0.05, 0.1) is 7.11 Å². The van der Waals surface area contributed by atoms with Gasteiger partial charge in [-0.25, -0.2) is 0 Å². The molecule has 82 valence electrons. The van der Waals surface area contributed by atoms with E-state index in [1.54, 1.807) is 0 Å². The molecule has 1 aliphatic heterocycles. The Labute approximate surface area is 85.4 Å². The van der Waals surface area contributed by atoms with Crippen molar-refractivity contribution in [1.29, 1.82) is 0 Å². The summed E-state index contributed by atoms with van der Waals surface area (Å²) in [5.41, 5.74) is 0. The van der Waals surface area contributed by atoms with Gasteiger partial charge >= 0.3 is 5.97 Å². The van der Waals surface area contributed by atoms with Crippen LogP contribution in [0.5, 0.6) is 0 Å². The average Bonchev–Trinajstić information content (AvgIpc) is 2.26. The molecule has 1 saturated heterocycles. The van der Waals surface area contributed by atoms with Crippen molar-refractivity contribution in [2.75, 3.05) is 26.7 Å². The molecule has 2 atom stereocenters. The summed E-state index contributed by atoms with van der Waals surface area (Å²) in [4.78, 5) is 11.1. The molecule has 1 rings (SSSR count). The molecule has 0 radical (unpaired) electrons. The minimum absolute atomic E-state index is 0.186. The number of hydrogen-bond donors (Lipinski definition) is 2. The molecular formula is C10H20N2O2. The molecule has 1 fully saturated rings. The molecule has 0 spiro atoms. The number of ether oxygens (including phenoxy) is 1. The monoisotopic (exact) mass is 200 g/mol. The van der Waals surface area contributed by atoms with Gasteiger partial charge in [-0.05, 0) is 45.3 Å². The van der Waals surface area contributed by atoms with Crippen molar-refractivity contribution in [2.24, 2.45) is 5.92 Å². The van der Waals surface area contributed by atoms with Crippen LogP contribution in [0.4, 0.5) is 0 Å². The highest BCUT2D eigenvalue weighted by Gasteiger charge is 2.16. The van der Waals surface area contributed by atoms with Crippen molar-refractivity contribution >= 4 is 5.97 Å². The van der Waals surface area contributed by atoms with Crippen LogP contribution < -0.4 is 10.6 Å². The summed E-state index contributed by atoms with van der Waals surface area (Å²) in [6.07, 6.45) is 2.48. The number of nitrogens with one attached hydrogen (secondary N) is 2. The largest absolute Gasteiger partial charge is 0.468 e. The smallest absolute Gasteiger partial charge is 0.322 e. The first-order chi connectivity index (χ1) is 6.74. The number of methoxy groups -OCH3 is 1. The second-order valence-corrected chi connectivity index (χ2v) is 3.87. The van der Waals surface area contributed by atoms with E-state index in [2.05, 4.69) is 15.4 Å². The van der Waals surface area contributed by atoms with Crippen molar-refractivity contribution in [3.05, 3.63) is 0 Å². The van der Waals surface area contributed by atoms with Gasteiger partial charge in [0.25, 0.3) is 0 Å². The summed E-state index contributed by atoms with van der Waals surface area (Å²) < 4.78 is 4.63. The number of hydrogen-bond acceptors (Lipinski definition) is 4. The van der Waals surface area contributed by atoms with Crippen LogP contribution in [0.3, 0.4) is 0 Å². The zero-order valence-corrected chi connectivity index (χ0v) is 9.01. The molecule has 0 bridgehead atoms. The number of carbonyl (C=O) groups is 1. The molecule has 0 aromatic heterocycles. The maximum absolute atomic E-state index is 11.1. The summed E-state index contributed by atoms with van der Waals surface area (Å²) in [6.45, 7) is 4.91. The van der Waals surface area contributed by atoms with Gasteiger partial charge in [-0.3, -0.25) is 4.79 Å². The SMILES string of the molecule is COC(=O)[C@H](C)NCC1CCCNC1. The Morgan fingerprint density at radius 2 is 2.50 bits per heavy atom. The average molecular weight is 200 g/mol. The topological polar surface area (TPSA) is 50.4 Å². The first kappa shape index (κ1) is 11.5. The van der Waals surface area contributed by atoms with Gasteiger partial charge in [0.1, 0.15) is 6.04 Å². The molecule has 2 N–H and O–H groups in total. The number of esters is 1. The van der Waals surface area contributed by atoms with Gasteiger partial charge in [-0.15, -0.1) is 0 Å². The predicted octanol–water partition coefficient (Wildman–Crippen LogP) is 0.137. The third-order valence-corrected chi connectivity index (χ3v) is 2.67. The van der Waals surface area contributed by atoms with Crippen LogP contribution in [0.2, 0.25) is 0 Å². The molecular weight excluding hydrogens is 180 g/mol. The van der Waals surface area contributed by atoms with Crippen molar-refractivity contribution in [2.45, 2.75) is 25.8 Å². The van der Waals surface area contributed by atoms with Crippen LogP contribution >= 0.6 is 0 Å². The number of rotatable bonds is 4. The predicted molar refractivity (Wildman–Crippen MR) is 55.1 cm³/mol. The zero-order valence-electron chi connectivity index (χ0n) is 9.01. The van der Waals surface area contributed by atoms with Gasteiger partial charge in [0.2, 0.25) is 0 Å². The molecule has 4 heteroatoms. The lowest BCUT2D eigenvalue weighted by atomic mass is 9.99. The second-order valence-electron chi connectivity index (χ2n) is 3.87. The molecule has 14 heavy (non-hydrogen) atoms. The highest BCUT2D eigenvalue weighted by molar-refractivity contribution is 5.75. The van der Waals surface area contributed by atoms with E-state index in [9.17, 15) is 4.79 Å². The van der Waals surface area contributed by atoms with Crippen molar-refractivity contribution in [3.8, 4) is 0 Å². The molecule has 0 aliphatic carbocycles. The van der Waals surface area contributed by atoms with E-state index in [1.165, 1.54) is 20.0 Å². The number of piperidine rings is 1. The van der Waals surface area contributed by atoms with Gasteiger partial charge in [0.15, 0.2) is 0 Å². The minimum atomic E-state index is -0.193. The highest BCUT2D eigenvalue weighted by Crippen LogP contribution is 2.08. The van der Waals surface area contributed by atoms with E-state index < -0.39 is 0 Å². The first-order valence-corrected chi connectivity index (χ1v) is 5.26. The van der Waals surface area contributed by atoms with E-state index >= 15 is 0 Å². The molecule has 0 aromatic rings. The van der Waals surface area contributed by atoms with E-state index in [-0.39, 0.29) is 12.0 Å². The summed E-state index contributed by atoms with van der Waals surface area (Å²) in [7, 11) is 1.42.